The first kappa shape index (κ1) is 17.0. The van der Waals surface area contributed by atoms with Crippen LogP contribution in [0.25, 0.3) is 0 Å². The Morgan fingerprint density at radius 1 is 1.21 bits per heavy atom. The highest BCUT2D eigenvalue weighted by Crippen LogP contribution is 2.40. The number of aromatic nitrogens is 1. The summed E-state index contributed by atoms with van der Waals surface area (Å²) >= 11 is 12.1. The van der Waals surface area contributed by atoms with Crippen LogP contribution in [0.5, 0.6) is 0 Å². The van der Waals surface area contributed by atoms with Crippen LogP contribution in [-0.2, 0) is 4.79 Å². The second-order valence-corrected chi connectivity index (χ2v) is 6.87. The molecule has 0 saturated carbocycles. The molecule has 1 N–H and O–H groups in total. The molecule has 3 rings (SSSR count). The fourth-order valence-corrected chi connectivity index (χ4v) is 3.52. The Morgan fingerprint density at radius 2 is 1.96 bits per heavy atom. The van der Waals surface area contributed by atoms with Crippen molar-refractivity contribution in [2.45, 2.75) is 24.8 Å². The second-order valence-electron chi connectivity index (χ2n) is 6.00. The maximum absolute atomic E-state index is 12.4. The lowest BCUT2D eigenvalue weighted by molar-refractivity contribution is -0.128. The van der Waals surface area contributed by atoms with Crippen molar-refractivity contribution in [1.82, 2.24) is 10.3 Å². The maximum Gasteiger partial charge on any atom is 0.223 e. The zero-order valence-corrected chi connectivity index (χ0v) is 14.6. The Bertz CT molecular complexity index is 745. The van der Waals surface area contributed by atoms with Gasteiger partial charge in [0.15, 0.2) is 0 Å². The minimum Gasteiger partial charge on any atom is -0.348 e. The van der Waals surface area contributed by atoms with E-state index in [4.69, 9.17) is 23.2 Å². The Balaban J connectivity index is 1.98. The summed E-state index contributed by atoms with van der Waals surface area (Å²) in [4.78, 5) is 16.9. The van der Waals surface area contributed by atoms with Crippen molar-refractivity contribution in [2.75, 3.05) is 0 Å². The van der Waals surface area contributed by atoms with Crippen LogP contribution in [-0.4, -0.2) is 10.9 Å². The van der Waals surface area contributed by atoms with E-state index in [0.717, 1.165) is 11.3 Å². The average Bonchev–Trinajstić information content (AvgIpc) is 2.57. The van der Waals surface area contributed by atoms with Gasteiger partial charge in [0.2, 0.25) is 5.91 Å². The lowest BCUT2D eigenvalue weighted by Gasteiger charge is -2.36. The molecule has 2 aromatic rings. The molecule has 1 amide bonds. The van der Waals surface area contributed by atoms with Gasteiger partial charge in [-0.2, -0.15) is 0 Å². The van der Waals surface area contributed by atoms with Gasteiger partial charge in [0.05, 0.1) is 6.04 Å². The summed E-state index contributed by atoms with van der Waals surface area (Å²) in [7, 11) is 0. The molecular weight excluding hydrogens is 343 g/mol. The van der Waals surface area contributed by atoms with Gasteiger partial charge in [0.1, 0.15) is 0 Å². The number of pyridine rings is 1. The van der Waals surface area contributed by atoms with Crippen LogP contribution < -0.4 is 5.32 Å². The molecule has 1 aliphatic heterocycles. The largest absolute Gasteiger partial charge is 0.348 e. The van der Waals surface area contributed by atoms with E-state index in [1.54, 1.807) is 18.3 Å². The molecule has 5 heteroatoms. The number of carbonyl (C=O) groups is 1. The van der Waals surface area contributed by atoms with Crippen LogP contribution in [0.4, 0.5) is 0 Å². The van der Waals surface area contributed by atoms with Crippen molar-refractivity contribution in [3.05, 3.63) is 76.6 Å². The average molecular weight is 361 g/mol. The van der Waals surface area contributed by atoms with Crippen LogP contribution >= 0.6 is 23.2 Å². The van der Waals surface area contributed by atoms with Gasteiger partial charge in [-0.05, 0) is 42.7 Å². The predicted molar refractivity (Wildman–Crippen MR) is 97.2 cm³/mol. The molecule has 0 bridgehead atoms. The minimum atomic E-state index is -0.151. The lowest BCUT2D eigenvalue weighted by Crippen LogP contribution is -2.43. The number of nitrogens with one attached hydrogen (secondary N) is 1. The number of rotatable bonds is 4. The zero-order valence-electron chi connectivity index (χ0n) is 13.1. The van der Waals surface area contributed by atoms with E-state index in [-0.39, 0.29) is 23.8 Å². The summed E-state index contributed by atoms with van der Waals surface area (Å²) in [5.41, 5.74) is 1.90. The van der Waals surface area contributed by atoms with E-state index < -0.39 is 0 Å². The number of halogens is 2. The van der Waals surface area contributed by atoms with Gasteiger partial charge in [-0.1, -0.05) is 41.4 Å². The van der Waals surface area contributed by atoms with Crippen LogP contribution in [0, 0.1) is 5.92 Å². The van der Waals surface area contributed by atoms with E-state index in [9.17, 15) is 4.79 Å². The molecule has 0 aliphatic carbocycles. The summed E-state index contributed by atoms with van der Waals surface area (Å²) in [5, 5.41) is 4.46. The van der Waals surface area contributed by atoms with Gasteiger partial charge in [0, 0.05) is 33.8 Å². The van der Waals surface area contributed by atoms with E-state index in [0.29, 0.717) is 22.9 Å². The third kappa shape index (κ3) is 3.63. The fourth-order valence-electron chi connectivity index (χ4n) is 3.23. The number of hydrogen-bond acceptors (Lipinski definition) is 2. The second kappa shape index (κ2) is 7.37. The Kier molecular flexibility index (Phi) is 5.22. The molecule has 1 aliphatic rings. The molecule has 1 fully saturated rings. The monoisotopic (exact) mass is 360 g/mol. The third-order valence-corrected chi connectivity index (χ3v) is 4.90. The van der Waals surface area contributed by atoms with Gasteiger partial charge >= 0.3 is 0 Å². The molecule has 0 spiro atoms. The lowest BCUT2D eigenvalue weighted by atomic mass is 9.78. The minimum absolute atomic E-state index is 0.0486. The molecule has 2 heterocycles. The highest BCUT2D eigenvalue weighted by Gasteiger charge is 2.37. The van der Waals surface area contributed by atoms with Gasteiger partial charge in [-0.15, -0.1) is 6.58 Å². The summed E-state index contributed by atoms with van der Waals surface area (Å²) in [6, 6.07) is 11.0. The van der Waals surface area contributed by atoms with Crippen molar-refractivity contribution >= 4 is 29.1 Å². The summed E-state index contributed by atoms with van der Waals surface area (Å²) in [6.07, 6.45) is 4.85. The summed E-state index contributed by atoms with van der Waals surface area (Å²) < 4.78 is 0. The molecular formula is C19H18Cl2N2O. The highest BCUT2D eigenvalue weighted by molar-refractivity contribution is 6.30. The first-order valence-electron chi connectivity index (χ1n) is 7.86. The number of allylic oxidation sites excluding steroid dienone is 1. The first-order valence-corrected chi connectivity index (χ1v) is 8.62. The highest BCUT2D eigenvalue weighted by atomic mass is 35.5. The van der Waals surface area contributed by atoms with Crippen LogP contribution in [0.2, 0.25) is 10.0 Å². The molecule has 124 valence electrons. The number of hydrogen-bond donors (Lipinski definition) is 1. The van der Waals surface area contributed by atoms with Crippen LogP contribution in [0.3, 0.4) is 0 Å². The number of carbonyl (C=O) groups excluding carboxylic acids is 1. The molecule has 0 radical (unpaired) electrons. The summed E-state index contributed by atoms with van der Waals surface area (Å²) in [5.74, 6) is -0.00233. The number of benzene rings is 1. The van der Waals surface area contributed by atoms with E-state index in [1.165, 1.54) is 0 Å². The Hall–Kier alpha value is -1.84. The number of amides is 1. The normalized spacial score (nSPS) is 23.6. The third-order valence-electron chi connectivity index (χ3n) is 4.41. The van der Waals surface area contributed by atoms with Crippen molar-refractivity contribution in [3.63, 3.8) is 0 Å². The molecule has 1 aromatic heterocycles. The van der Waals surface area contributed by atoms with Gasteiger partial charge < -0.3 is 5.32 Å². The number of nitrogens with zero attached hydrogens (tertiary/aromatic N) is 1. The first-order chi connectivity index (χ1) is 11.6. The zero-order chi connectivity index (χ0) is 17.1. The van der Waals surface area contributed by atoms with Crippen LogP contribution in [0.1, 0.15) is 36.1 Å². The van der Waals surface area contributed by atoms with Gasteiger partial charge in [-0.25, -0.2) is 0 Å². The maximum atomic E-state index is 12.4. The molecule has 3 nitrogen and oxygen atoms in total. The van der Waals surface area contributed by atoms with E-state index >= 15 is 0 Å². The molecule has 1 aromatic carbocycles. The van der Waals surface area contributed by atoms with E-state index in [2.05, 4.69) is 16.9 Å². The SMILES string of the molecule is C=CC[C@H]1C[C@H](c2cc(Cl)ccn2)[C@@H](c2ccc(Cl)cc2)NC1=O. The van der Waals surface area contributed by atoms with Gasteiger partial charge in [-0.3, -0.25) is 9.78 Å². The fraction of sp³-hybridized carbons (Fsp3) is 0.263. The Morgan fingerprint density at radius 3 is 2.62 bits per heavy atom. The number of piperidine rings is 1. The molecule has 24 heavy (non-hydrogen) atoms. The van der Waals surface area contributed by atoms with Crippen molar-refractivity contribution in [1.29, 1.82) is 0 Å². The molecule has 1 saturated heterocycles. The van der Waals surface area contributed by atoms with Crippen molar-refractivity contribution in [2.24, 2.45) is 5.92 Å². The van der Waals surface area contributed by atoms with Crippen molar-refractivity contribution < 1.29 is 4.79 Å². The quantitative estimate of drug-likeness (QED) is 0.785. The molecule has 3 atom stereocenters. The summed E-state index contributed by atoms with van der Waals surface area (Å²) in [6.45, 7) is 3.76. The van der Waals surface area contributed by atoms with E-state index in [1.807, 2.05) is 30.3 Å². The predicted octanol–water partition coefficient (Wildman–Crippen LogP) is 4.93. The van der Waals surface area contributed by atoms with Crippen LogP contribution in [0.15, 0.2) is 55.3 Å². The smallest absolute Gasteiger partial charge is 0.223 e. The standard InChI is InChI=1S/C19H18Cl2N2O/c1-2-3-13-10-16(17-11-15(21)8-9-22-17)18(23-19(13)24)12-4-6-14(20)7-5-12/h2,4-9,11,13,16,18H,1,3,10H2,(H,23,24)/t13-,16+,18+/m0/s1. The van der Waals surface area contributed by atoms with Gasteiger partial charge in [0.25, 0.3) is 0 Å². The topological polar surface area (TPSA) is 42.0 Å². The molecule has 0 unspecified atom stereocenters. The Labute approximate surface area is 151 Å². The van der Waals surface area contributed by atoms with Crippen molar-refractivity contribution in [3.8, 4) is 0 Å².